The number of rotatable bonds is 5. The number of benzene rings is 1. The highest BCUT2D eigenvalue weighted by Crippen LogP contribution is 2.21. The second-order valence-corrected chi connectivity index (χ2v) is 7.73. The van der Waals surface area contributed by atoms with E-state index in [4.69, 9.17) is 0 Å². The minimum atomic E-state index is -4.50. The fourth-order valence-electron chi connectivity index (χ4n) is 2.59. The number of sulfonamides is 1. The van der Waals surface area contributed by atoms with Gasteiger partial charge in [-0.25, -0.2) is 8.42 Å². The molecule has 2 rings (SSSR count). The number of hydrogen-bond acceptors (Lipinski definition) is 4. The van der Waals surface area contributed by atoms with Gasteiger partial charge < -0.3 is 10.6 Å². The van der Waals surface area contributed by atoms with Gasteiger partial charge in [0.1, 0.15) is 6.54 Å². The first-order valence-corrected chi connectivity index (χ1v) is 9.20. The zero-order valence-corrected chi connectivity index (χ0v) is 15.7. The first-order valence-electron chi connectivity index (χ1n) is 7.76. The van der Waals surface area contributed by atoms with Crippen LogP contribution in [-0.4, -0.2) is 57.5 Å². The number of hydrogen-bond donors (Lipinski definition) is 2. The highest BCUT2D eigenvalue weighted by molar-refractivity contribution is 7.89. The predicted octanol–water partition coefficient (Wildman–Crippen LogP) is 1.77. The molecule has 26 heavy (non-hydrogen) atoms. The van der Waals surface area contributed by atoms with Crippen molar-refractivity contribution in [1.82, 2.24) is 14.9 Å². The van der Waals surface area contributed by atoms with Gasteiger partial charge in [0.15, 0.2) is 0 Å². The first-order chi connectivity index (χ1) is 11.6. The Morgan fingerprint density at radius 1 is 1.19 bits per heavy atom. The fourth-order valence-corrected chi connectivity index (χ4v) is 4.06. The number of nitrogens with one attached hydrogen (secondary N) is 2. The molecular formula is C15H21ClF3N3O3S. The molecule has 2 N–H and O–H groups in total. The number of carbonyl (C=O) groups excluding carboxylic acids is 1. The van der Waals surface area contributed by atoms with Crippen LogP contribution in [0.3, 0.4) is 0 Å². The minimum absolute atomic E-state index is 0. The van der Waals surface area contributed by atoms with Crippen molar-refractivity contribution in [3.63, 3.8) is 0 Å². The van der Waals surface area contributed by atoms with Crippen molar-refractivity contribution in [1.29, 1.82) is 0 Å². The SMILES string of the molecule is CNC1CCN(S(=O)(=O)c2ccc(C(=O)NCC(F)(F)F)cc2)CC1.Cl. The maximum Gasteiger partial charge on any atom is 0.405 e. The molecule has 1 aliphatic rings. The van der Waals surface area contributed by atoms with Gasteiger partial charge in [-0.2, -0.15) is 17.5 Å². The molecule has 6 nitrogen and oxygen atoms in total. The van der Waals surface area contributed by atoms with Crippen molar-refractivity contribution in [3.8, 4) is 0 Å². The van der Waals surface area contributed by atoms with Gasteiger partial charge in [0.25, 0.3) is 5.91 Å². The van der Waals surface area contributed by atoms with Crippen LogP contribution in [0, 0.1) is 0 Å². The van der Waals surface area contributed by atoms with Crippen LogP contribution in [0.5, 0.6) is 0 Å². The molecule has 0 atom stereocenters. The van der Waals surface area contributed by atoms with Crippen LogP contribution in [0.4, 0.5) is 13.2 Å². The molecule has 1 amide bonds. The zero-order chi connectivity index (χ0) is 18.7. The van der Waals surface area contributed by atoms with Crippen molar-refractivity contribution in [2.75, 3.05) is 26.7 Å². The smallest absolute Gasteiger partial charge is 0.343 e. The van der Waals surface area contributed by atoms with Crippen LogP contribution in [0.15, 0.2) is 29.2 Å². The molecular weight excluding hydrogens is 395 g/mol. The largest absolute Gasteiger partial charge is 0.405 e. The third kappa shape index (κ3) is 5.83. The van der Waals surface area contributed by atoms with Crippen LogP contribution < -0.4 is 10.6 Å². The van der Waals surface area contributed by atoms with E-state index in [2.05, 4.69) is 5.32 Å². The van der Waals surface area contributed by atoms with Crippen LogP contribution in [0.1, 0.15) is 23.2 Å². The van der Waals surface area contributed by atoms with Crippen molar-refractivity contribution < 1.29 is 26.4 Å². The van der Waals surface area contributed by atoms with Gasteiger partial charge in [-0.3, -0.25) is 4.79 Å². The van der Waals surface area contributed by atoms with E-state index in [-0.39, 0.29) is 28.9 Å². The Balaban J connectivity index is 0.00000338. The van der Waals surface area contributed by atoms with E-state index < -0.39 is 28.7 Å². The van der Waals surface area contributed by atoms with Gasteiger partial charge in [-0.1, -0.05) is 0 Å². The first kappa shape index (κ1) is 22.7. The quantitative estimate of drug-likeness (QED) is 0.768. The Labute approximate surface area is 156 Å². The Morgan fingerprint density at radius 3 is 2.19 bits per heavy atom. The maximum absolute atomic E-state index is 12.6. The molecule has 148 valence electrons. The Morgan fingerprint density at radius 2 is 1.73 bits per heavy atom. The summed E-state index contributed by atoms with van der Waals surface area (Å²) < 4.78 is 62.8. The summed E-state index contributed by atoms with van der Waals surface area (Å²) in [4.78, 5) is 11.7. The minimum Gasteiger partial charge on any atom is -0.343 e. The van der Waals surface area contributed by atoms with Gasteiger partial charge in [-0.05, 0) is 44.2 Å². The highest BCUT2D eigenvalue weighted by atomic mass is 35.5. The van der Waals surface area contributed by atoms with Crippen LogP contribution in [0.25, 0.3) is 0 Å². The van der Waals surface area contributed by atoms with E-state index in [0.29, 0.717) is 25.9 Å². The number of nitrogens with zero attached hydrogens (tertiary/aromatic N) is 1. The Hall–Kier alpha value is -1.36. The summed E-state index contributed by atoms with van der Waals surface area (Å²) in [7, 11) is -1.85. The lowest BCUT2D eigenvalue weighted by molar-refractivity contribution is -0.123. The van der Waals surface area contributed by atoms with Crippen LogP contribution in [0.2, 0.25) is 0 Å². The Bertz CT molecular complexity index is 703. The lowest BCUT2D eigenvalue weighted by atomic mass is 10.1. The van der Waals surface area contributed by atoms with Gasteiger partial charge >= 0.3 is 6.18 Å². The molecule has 0 aliphatic carbocycles. The predicted molar refractivity (Wildman–Crippen MR) is 92.9 cm³/mol. The average molecular weight is 416 g/mol. The summed E-state index contributed by atoms with van der Waals surface area (Å²) in [6.45, 7) is -0.657. The molecule has 0 bridgehead atoms. The summed E-state index contributed by atoms with van der Waals surface area (Å²) in [5, 5.41) is 4.85. The standard InChI is InChI=1S/C15H20F3N3O3S.ClH/c1-19-12-6-8-21(9-7-12)25(23,24)13-4-2-11(3-5-13)14(22)20-10-15(16,17)18;/h2-5,12,19H,6-10H2,1H3,(H,20,22);1H. The van der Waals surface area contributed by atoms with Crippen molar-refractivity contribution >= 4 is 28.3 Å². The molecule has 1 heterocycles. The summed E-state index contributed by atoms with van der Waals surface area (Å²) in [6, 6.07) is 5.17. The molecule has 1 aromatic rings. The third-order valence-electron chi connectivity index (χ3n) is 4.07. The molecule has 11 heteroatoms. The average Bonchev–Trinajstić information content (AvgIpc) is 2.59. The second-order valence-electron chi connectivity index (χ2n) is 5.79. The number of amides is 1. The fraction of sp³-hybridized carbons (Fsp3) is 0.533. The zero-order valence-electron chi connectivity index (χ0n) is 14.0. The molecule has 1 aliphatic heterocycles. The topological polar surface area (TPSA) is 78.5 Å². The molecule has 0 spiro atoms. The molecule has 1 aromatic carbocycles. The van der Waals surface area contributed by atoms with E-state index in [1.165, 1.54) is 28.6 Å². The number of carbonyl (C=O) groups is 1. The molecule has 0 radical (unpaired) electrons. The lowest BCUT2D eigenvalue weighted by Crippen LogP contribution is -2.43. The van der Waals surface area contributed by atoms with E-state index in [1.807, 2.05) is 7.05 Å². The molecule has 0 aromatic heterocycles. The van der Waals surface area contributed by atoms with Gasteiger partial charge in [0.2, 0.25) is 10.0 Å². The summed E-state index contributed by atoms with van der Waals surface area (Å²) in [5.74, 6) is -0.906. The maximum atomic E-state index is 12.6. The van der Waals surface area contributed by atoms with E-state index in [1.54, 1.807) is 5.32 Å². The molecule has 1 saturated heterocycles. The second kappa shape index (κ2) is 9.03. The van der Waals surface area contributed by atoms with Gasteiger partial charge in [0, 0.05) is 24.7 Å². The third-order valence-corrected chi connectivity index (χ3v) is 5.98. The van der Waals surface area contributed by atoms with Crippen LogP contribution >= 0.6 is 12.4 Å². The van der Waals surface area contributed by atoms with Crippen LogP contribution in [-0.2, 0) is 10.0 Å². The molecule has 0 saturated carbocycles. The number of halogens is 4. The van der Waals surface area contributed by atoms with E-state index >= 15 is 0 Å². The number of piperidine rings is 1. The normalized spacial score (nSPS) is 16.8. The summed E-state index contributed by atoms with van der Waals surface area (Å²) in [6.07, 6.45) is -3.10. The van der Waals surface area contributed by atoms with Crippen molar-refractivity contribution in [2.24, 2.45) is 0 Å². The molecule has 1 fully saturated rings. The summed E-state index contributed by atoms with van der Waals surface area (Å²) in [5.41, 5.74) is -0.0305. The summed E-state index contributed by atoms with van der Waals surface area (Å²) >= 11 is 0. The van der Waals surface area contributed by atoms with Crippen molar-refractivity contribution in [3.05, 3.63) is 29.8 Å². The highest BCUT2D eigenvalue weighted by Gasteiger charge is 2.30. The van der Waals surface area contributed by atoms with Crippen molar-refractivity contribution in [2.45, 2.75) is 30.0 Å². The van der Waals surface area contributed by atoms with Gasteiger partial charge in [0.05, 0.1) is 4.90 Å². The van der Waals surface area contributed by atoms with Gasteiger partial charge in [-0.15, -0.1) is 12.4 Å². The van der Waals surface area contributed by atoms with E-state index in [0.717, 1.165) is 0 Å². The monoisotopic (exact) mass is 415 g/mol. The lowest BCUT2D eigenvalue weighted by Gasteiger charge is -2.31. The Kier molecular flexibility index (Phi) is 7.87. The molecule has 0 unspecified atom stereocenters. The van der Waals surface area contributed by atoms with E-state index in [9.17, 15) is 26.4 Å². The number of alkyl halides is 3.